The van der Waals surface area contributed by atoms with Crippen LogP contribution in [0, 0.1) is 6.92 Å². The zero-order valence-electron chi connectivity index (χ0n) is 17.3. The topological polar surface area (TPSA) is 98.2 Å². The Morgan fingerprint density at radius 1 is 1.10 bits per heavy atom. The summed E-state index contributed by atoms with van der Waals surface area (Å²) in [7, 11) is 0. The van der Waals surface area contributed by atoms with Crippen LogP contribution in [0.25, 0.3) is 22.2 Å². The predicted molar refractivity (Wildman–Crippen MR) is 119 cm³/mol. The lowest BCUT2D eigenvalue weighted by Gasteiger charge is -2.09. The molecule has 0 fully saturated rings. The second-order valence-corrected chi connectivity index (χ2v) is 7.59. The highest BCUT2D eigenvalue weighted by Gasteiger charge is 2.21. The molecule has 7 nitrogen and oxygen atoms in total. The van der Waals surface area contributed by atoms with Gasteiger partial charge in [-0.3, -0.25) is 14.9 Å². The average Bonchev–Trinajstić information content (AvgIpc) is 3.22. The normalized spacial score (nSPS) is 11.1. The summed E-state index contributed by atoms with van der Waals surface area (Å²) in [5.74, 6) is -0.623. The Hall–Kier alpha value is -3.45. The van der Waals surface area contributed by atoms with E-state index in [9.17, 15) is 9.59 Å². The van der Waals surface area contributed by atoms with Crippen molar-refractivity contribution in [2.24, 2.45) is 0 Å². The Balaban J connectivity index is 1.71. The highest BCUT2D eigenvalue weighted by molar-refractivity contribution is 6.32. The van der Waals surface area contributed by atoms with Crippen LogP contribution in [0.5, 0.6) is 0 Å². The van der Waals surface area contributed by atoms with Crippen molar-refractivity contribution in [2.75, 3.05) is 5.32 Å². The molecule has 2 heterocycles. The maximum Gasteiger partial charge on any atom is 0.292 e. The van der Waals surface area contributed by atoms with Crippen LogP contribution >= 0.6 is 11.6 Å². The van der Waals surface area contributed by atoms with E-state index in [4.69, 9.17) is 20.6 Å². The highest BCUT2D eigenvalue weighted by atomic mass is 35.5. The lowest BCUT2D eigenvalue weighted by molar-refractivity contribution is 0.0996. The van der Waals surface area contributed by atoms with E-state index in [1.807, 2.05) is 19.1 Å². The molecule has 0 saturated heterocycles. The number of benzene rings is 2. The van der Waals surface area contributed by atoms with Crippen molar-refractivity contribution in [3.05, 3.63) is 74.1 Å². The van der Waals surface area contributed by atoms with E-state index in [2.05, 4.69) is 28.6 Å². The van der Waals surface area contributed by atoms with Gasteiger partial charge in [-0.25, -0.2) is 4.63 Å². The molecular weight excluding hydrogens is 418 g/mol. The average molecular weight is 438 g/mol. The van der Waals surface area contributed by atoms with E-state index in [-0.39, 0.29) is 22.6 Å². The second kappa shape index (κ2) is 8.35. The third-order valence-electron chi connectivity index (χ3n) is 5.17. The lowest BCUT2D eigenvalue weighted by atomic mass is 9.98. The third-order valence-corrected chi connectivity index (χ3v) is 5.58. The van der Waals surface area contributed by atoms with Gasteiger partial charge in [0, 0.05) is 16.7 Å². The fraction of sp³-hybridized carbons (Fsp3) is 0.217. The van der Waals surface area contributed by atoms with Gasteiger partial charge in [0.1, 0.15) is 5.58 Å². The van der Waals surface area contributed by atoms with E-state index in [1.165, 1.54) is 6.07 Å². The molecule has 2 aromatic carbocycles. The van der Waals surface area contributed by atoms with Gasteiger partial charge in [-0.05, 0) is 65.0 Å². The molecule has 8 heteroatoms. The van der Waals surface area contributed by atoms with Crippen LogP contribution in [0.15, 0.2) is 50.2 Å². The number of halogens is 1. The molecule has 2 aromatic heterocycles. The number of hydrogen-bond donors (Lipinski definition) is 1. The Labute approximate surface area is 183 Å². The number of nitrogens with one attached hydrogen (secondary N) is 1. The minimum Gasteiger partial charge on any atom is -0.451 e. The lowest BCUT2D eigenvalue weighted by Crippen LogP contribution is -2.16. The molecule has 4 aromatic rings. The maximum atomic E-state index is 12.8. The van der Waals surface area contributed by atoms with Crippen LogP contribution in [0.1, 0.15) is 41.1 Å². The summed E-state index contributed by atoms with van der Waals surface area (Å²) in [5, 5.41) is 11.2. The summed E-state index contributed by atoms with van der Waals surface area (Å²) < 4.78 is 10.6. The zero-order valence-corrected chi connectivity index (χ0v) is 18.0. The number of hydrogen-bond acceptors (Lipinski definition) is 6. The molecule has 0 aliphatic rings. The summed E-state index contributed by atoms with van der Waals surface area (Å²) in [6, 6.07) is 10.4. The number of fused-ring (bicyclic) bond motifs is 1. The van der Waals surface area contributed by atoms with Gasteiger partial charge in [0.25, 0.3) is 5.91 Å². The fourth-order valence-corrected chi connectivity index (χ4v) is 3.54. The molecule has 0 saturated carbocycles. The molecule has 4 rings (SSSR count). The standard InChI is InChI=1S/C23H20ClN3O4/c1-4-13-6-7-14(5-2)15(9-13)21-22(27-31-26-21)25-23(29)20-11-18(28)16-10-17(24)12(3)8-19(16)30-20/h6-11H,4-5H2,1-3H3,(H,25,27,29). The molecule has 0 radical (unpaired) electrons. The number of anilines is 1. The number of nitrogens with zero attached hydrogens (tertiary/aromatic N) is 2. The second-order valence-electron chi connectivity index (χ2n) is 7.19. The molecular formula is C23H20ClN3O4. The SMILES string of the molecule is CCc1ccc(CC)c(-c2nonc2NC(=O)c2cc(=O)c3cc(Cl)c(C)cc3o2)c1. The van der Waals surface area contributed by atoms with Gasteiger partial charge in [0.05, 0.1) is 5.39 Å². The Morgan fingerprint density at radius 3 is 2.65 bits per heavy atom. The van der Waals surface area contributed by atoms with Crippen molar-refractivity contribution in [1.82, 2.24) is 10.3 Å². The number of aromatic nitrogens is 2. The monoisotopic (exact) mass is 437 g/mol. The Bertz CT molecular complexity index is 1360. The number of aryl methyl sites for hydroxylation is 3. The van der Waals surface area contributed by atoms with Crippen LogP contribution in [0.3, 0.4) is 0 Å². The van der Waals surface area contributed by atoms with Gasteiger partial charge < -0.3 is 4.42 Å². The maximum absolute atomic E-state index is 12.8. The van der Waals surface area contributed by atoms with E-state index in [0.29, 0.717) is 16.1 Å². The van der Waals surface area contributed by atoms with Gasteiger partial charge in [0.15, 0.2) is 16.9 Å². The number of carbonyl (C=O) groups excluding carboxylic acids is 1. The first kappa shape index (κ1) is 20.8. The Kier molecular flexibility index (Phi) is 5.61. The molecule has 0 unspecified atom stereocenters. The van der Waals surface area contributed by atoms with Crippen LogP contribution in [0.4, 0.5) is 5.82 Å². The first-order chi connectivity index (χ1) is 14.9. The quantitative estimate of drug-likeness (QED) is 0.461. The summed E-state index contributed by atoms with van der Waals surface area (Å²) in [5.41, 5.74) is 4.09. The van der Waals surface area contributed by atoms with Crippen molar-refractivity contribution in [1.29, 1.82) is 0 Å². The highest BCUT2D eigenvalue weighted by Crippen LogP contribution is 2.30. The minimum atomic E-state index is -0.631. The van der Waals surface area contributed by atoms with Gasteiger partial charge in [-0.1, -0.05) is 37.6 Å². The molecule has 0 bridgehead atoms. The van der Waals surface area contributed by atoms with Crippen LogP contribution in [-0.2, 0) is 12.8 Å². The van der Waals surface area contributed by atoms with Crippen LogP contribution in [0.2, 0.25) is 5.02 Å². The predicted octanol–water partition coefficient (Wildman–Crippen LogP) is 5.18. The van der Waals surface area contributed by atoms with Gasteiger partial charge in [-0.15, -0.1) is 0 Å². The van der Waals surface area contributed by atoms with Gasteiger partial charge >= 0.3 is 0 Å². The first-order valence-corrected chi connectivity index (χ1v) is 10.3. The molecule has 0 aliphatic heterocycles. The van der Waals surface area contributed by atoms with Crippen LogP contribution < -0.4 is 10.7 Å². The molecule has 1 N–H and O–H groups in total. The summed E-state index contributed by atoms with van der Waals surface area (Å²) in [6.45, 7) is 5.89. The smallest absolute Gasteiger partial charge is 0.292 e. The first-order valence-electron chi connectivity index (χ1n) is 9.91. The summed E-state index contributed by atoms with van der Waals surface area (Å²) in [4.78, 5) is 25.3. The minimum absolute atomic E-state index is 0.147. The zero-order chi connectivity index (χ0) is 22.1. The van der Waals surface area contributed by atoms with Crippen molar-refractivity contribution in [3.8, 4) is 11.3 Å². The molecule has 0 spiro atoms. The van der Waals surface area contributed by atoms with Crippen molar-refractivity contribution in [3.63, 3.8) is 0 Å². The van der Waals surface area contributed by atoms with E-state index in [0.717, 1.165) is 41.2 Å². The van der Waals surface area contributed by atoms with E-state index < -0.39 is 5.91 Å². The van der Waals surface area contributed by atoms with Gasteiger partial charge in [0.2, 0.25) is 5.82 Å². The molecule has 158 valence electrons. The molecule has 1 amide bonds. The Morgan fingerprint density at radius 2 is 1.90 bits per heavy atom. The molecule has 0 aliphatic carbocycles. The van der Waals surface area contributed by atoms with Crippen molar-refractivity contribution in [2.45, 2.75) is 33.6 Å². The molecule has 0 atom stereocenters. The fourth-order valence-electron chi connectivity index (χ4n) is 3.38. The number of carbonyl (C=O) groups is 1. The van der Waals surface area contributed by atoms with Gasteiger partial charge in [-0.2, -0.15) is 0 Å². The van der Waals surface area contributed by atoms with E-state index in [1.54, 1.807) is 13.0 Å². The van der Waals surface area contributed by atoms with E-state index >= 15 is 0 Å². The van der Waals surface area contributed by atoms with Crippen molar-refractivity contribution < 1.29 is 13.8 Å². The van der Waals surface area contributed by atoms with Crippen molar-refractivity contribution >= 4 is 34.3 Å². The number of rotatable bonds is 5. The largest absolute Gasteiger partial charge is 0.451 e. The summed E-state index contributed by atoms with van der Waals surface area (Å²) in [6.07, 6.45) is 1.64. The molecule has 31 heavy (non-hydrogen) atoms. The van der Waals surface area contributed by atoms with Crippen LogP contribution in [-0.4, -0.2) is 16.2 Å². The summed E-state index contributed by atoms with van der Waals surface area (Å²) >= 11 is 6.09. The third kappa shape index (κ3) is 3.96. The number of amides is 1.